The minimum atomic E-state index is 0.332. The van der Waals surface area contributed by atoms with Gasteiger partial charge in [0.15, 0.2) is 0 Å². The molecule has 3 aromatic carbocycles. The third-order valence-corrected chi connectivity index (χ3v) is 5.04. The summed E-state index contributed by atoms with van der Waals surface area (Å²) < 4.78 is 0. The van der Waals surface area contributed by atoms with Crippen molar-refractivity contribution in [3.63, 3.8) is 0 Å². The van der Waals surface area contributed by atoms with Crippen LogP contribution in [0.5, 0.6) is 0 Å². The van der Waals surface area contributed by atoms with Crippen molar-refractivity contribution < 1.29 is 0 Å². The lowest BCUT2D eigenvalue weighted by Gasteiger charge is -2.40. The first-order valence-corrected chi connectivity index (χ1v) is 8.74. The Bertz CT molecular complexity index is 795. The lowest BCUT2D eigenvalue weighted by molar-refractivity contribution is 0.188. The van der Waals surface area contributed by atoms with Crippen molar-refractivity contribution in [2.24, 2.45) is 0 Å². The third kappa shape index (κ3) is 2.88. The van der Waals surface area contributed by atoms with Crippen LogP contribution >= 0.6 is 0 Å². The van der Waals surface area contributed by atoms with Crippen LogP contribution in [0.2, 0.25) is 0 Å². The summed E-state index contributed by atoms with van der Waals surface area (Å²) in [5.74, 6) is 0.560. The number of benzene rings is 3. The highest BCUT2D eigenvalue weighted by Gasteiger charge is 2.31. The summed E-state index contributed by atoms with van der Waals surface area (Å²) >= 11 is 0. The maximum Gasteiger partial charge on any atom is 0.0607 e. The Kier molecular flexibility index (Phi) is 4.18. The highest BCUT2D eigenvalue weighted by Crippen LogP contribution is 2.40. The van der Waals surface area contributed by atoms with Crippen LogP contribution in [0, 0.1) is 0 Å². The maximum absolute atomic E-state index is 2.62. The van der Waals surface area contributed by atoms with Gasteiger partial charge in [-0.05, 0) is 28.2 Å². The highest BCUT2D eigenvalue weighted by molar-refractivity contribution is 5.41. The van der Waals surface area contributed by atoms with Crippen molar-refractivity contribution in [1.82, 2.24) is 4.90 Å². The van der Waals surface area contributed by atoms with Gasteiger partial charge < -0.3 is 0 Å². The molecule has 2 atom stereocenters. The molecule has 0 fully saturated rings. The zero-order valence-electron chi connectivity index (χ0n) is 14.1. The fourth-order valence-electron chi connectivity index (χ4n) is 3.96. The van der Waals surface area contributed by atoms with E-state index in [4.69, 9.17) is 0 Å². The summed E-state index contributed by atoms with van der Waals surface area (Å²) in [5.41, 5.74) is 5.71. The Morgan fingerprint density at radius 2 is 1.33 bits per heavy atom. The number of rotatable bonds is 3. The standard InChI is InChI=1S/C23H23N/c1-18-16-24(17-19-10-4-2-5-11-19)23(20-12-6-3-7-13-20)22-15-9-8-14-21(18)22/h2-15,18,23H,16-17H2,1H3. The van der Waals surface area contributed by atoms with E-state index in [0.717, 1.165) is 13.1 Å². The topological polar surface area (TPSA) is 3.24 Å². The van der Waals surface area contributed by atoms with E-state index >= 15 is 0 Å². The second-order valence-electron chi connectivity index (χ2n) is 6.76. The Morgan fingerprint density at radius 1 is 0.750 bits per heavy atom. The van der Waals surface area contributed by atoms with Crippen LogP contribution in [0.3, 0.4) is 0 Å². The van der Waals surface area contributed by atoms with E-state index in [1.807, 2.05) is 0 Å². The summed E-state index contributed by atoms with van der Waals surface area (Å²) in [6, 6.07) is 31.0. The van der Waals surface area contributed by atoms with Crippen molar-refractivity contribution in [3.8, 4) is 0 Å². The SMILES string of the molecule is CC1CN(Cc2ccccc2)C(c2ccccc2)c2ccccc21. The predicted octanol–water partition coefficient (Wildman–Crippen LogP) is 5.40. The monoisotopic (exact) mass is 313 g/mol. The average molecular weight is 313 g/mol. The summed E-state index contributed by atoms with van der Waals surface area (Å²) in [5, 5.41) is 0. The van der Waals surface area contributed by atoms with Gasteiger partial charge >= 0.3 is 0 Å². The summed E-state index contributed by atoms with van der Waals surface area (Å²) in [4.78, 5) is 2.62. The maximum atomic E-state index is 2.62. The first kappa shape index (κ1) is 15.2. The van der Waals surface area contributed by atoms with Gasteiger partial charge in [0.25, 0.3) is 0 Å². The van der Waals surface area contributed by atoms with Gasteiger partial charge in [-0.1, -0.05) is 91.9 Å². The highest BCUT2D eigenvalue weighted by atomic mass is 15.2. The normalized spacial score (nSPS) is 20.5. The number of hydrogen-bond donors (Lipinski definition) is 0. The molecule has 1 aliphatic heterocycles. The van der Waals surface area contributed by atoms with E-state index in [-0.39, 0.29) is 0 Å². The molecular weight excluding hydrogens is 290 g/mol. The molecule has 120 valence electrons. The molecule has 24 heavy (non-hydrogen) atoms. The van der Waals surface area contributed by atoms with E-state index < -0.39 is 0 Å². The molecule has 0 aliphatic carbocycles. The van der Waals surface area contributed by atoms with Crippen LogP contribution in [0.15, 0.2) is 84.9 Å². The van der Waals surface area contributed by atoms with Crippen molar-refractivity contribution in [2.45, 2.75) is 25.4 Å². The van der Waals surface area contributed by atoms with Gasteiger partial charge in [0.05, 0.1) is 6.04 Å². The van der Waals surface area contributed by atoms with Crippen LogP contribution in [0.1, 0.15) is 41.1 Å². The number of fused-ring (bicyclic) bond motifs is 1. The molecule has 2 unspecified atom stereocenters. The van der Waals surface area contributed by atoms with E-state index in [9.17, 15) is 0 Å². The fraction of sp³-hybridized carbons (Fsp3) is 0.217. The predicted molar refractivity (Wildman–Crippen MR) is 100.0 cm³/mol. The Hall–Kier alpha value is -2.38. The lowest BCUT2D eigenvalue weighted by Crippen LogP contribution is -2.37. The number of hydrogen-bond acceptors (Lipinski definition) is 1. The van der Waals surface area contributed by atoms with Crippen LogP contribution in [-0.4, -0.2) is 11.4 Å². The first-order chi connectivity index (χ1) is 11.8. The van der Waals surface area contributed by atoms with Gasteiger partial charge in [-0.3, -0.25) is 4.90 Å². The summed E-state index contributed by atoms with van der Waals surface area (Å²) in [6.07, 6.45) is 0. The van der Waals surface area contributed by atoms with Gasteiger partial charge in [-0.25, -0.2) is 0 Å². The molecule has 3 aromatic rings. The molecule has 0 saturated heterocycles. The Labute approximate surface area is 144 Å². The van der Waals surface area contributed by atoms with E-state index in [1.54, 1.807) is 0 Å². The first-order valence-electron chi connectivity index (χ1n) is 8.74. The fourth-order valence-corrected chi connectivity index (χ4v) is 3.96. The van der Waals surface area contributed by atoms with Crippen LogP contribution < -0.4 is 0 Å². The molecule has 0 spiro atoms. The molecule has 0 bridgehead atoms. The zero-order valence-corrected chi connectivity index (χ0v) is 14.1. The minimum absolute atomic E-state index is 0.332. The van der Waals surface area contributed by atoms with Crippen molar-refractivity contribution in [2.75, 3.05) is 6.54 Å². The van der Waals surface area contributed by atoms with Crippen LogP contribution in [0.4, 0.5) is 0 Å². The number of nitrogens with zero attached hydrogens (tertiary/aromatic N) is 1. The van der Waals surface area contributed by atoms with Gasteiger partial charge in [0, 0.05) is 13.1 Å². The molecular formula is C23H23N. The molecule has 1 aliphatic rings. The van der Waals surface area contributed by atoms with Crippen molar-refractivity contribution >= 4 is 0 Å². The van der Waals surface area contributed by atoms with Crippen LogP contribution in [-0.2, 0) is 6.54 Å². The molecule has 0 N–H and O–H groups in total. The molecule has 0 aromatic heterocycles. The molecule has 1 heterocycles. The largest absolute Gasteiger partial charge is 0.287 e. The molecule has 4 rings (SSSR count). The quantitative estimate of drug-likeness (QED) is 0.626. The van der Waals surface area contributed by atoms with Gasteiger partial charge in [0.2, 0.25) is 0 Å². The zero-order chi connectivity index (χ0) is 16.4. The Balaban J connectivity index is 1.77. The molecule has 1 nitrogen and oxygen atoms in total. The molecule has 0 amide bonds. The van der Waals surface area contributed by atoms with E-state index in [1.165, 1.54) is 22.3 Å². The second-order valence-corrected chi connectivity index (χ2v) is 6.76. The van der Waals surface area contributed by atoms with E-state index in [2.05, 4.69) is 96.8 Å². The molecule has 0 radical (unpaired) electrons. The summed E-state index contributed by atoms with van der Waals surface area (Å²) in [6.45, 7) is 4.42. The van der Waals surface area contributed by atoms with Crippen molar-refractivity contribution in [1.29, 1.82) is 0 Å². The third-order valence-electron chi connectivity index (χ3n) is 5.04. The van der Waals surface area contributed by atoms with Gasteiger partial charge in [-0.2, -0.15) is 0 Å². The Morgan fingerprint density at radius 3 is 2.04 bits per heavy atom. The van der Waals surface area contributed by atoms with Crippen LogP contribution in [0.25, 0.3) is 0 Å². The van der Waals surface area contributed by atoms with Gasteiger partial charge in [-0.15, -0.1) is 0 Å². The van der Waals surface area contributed by atoms with Gasteiger partial charge in [0.1, 0.15) is 0 Å². The minimum Gasteiger partial charge on any atom is -0.287 e. The molecule has 1 heteroatoms. The van der Waals surface area contributed by atoms with Crippen molar-refractivity contribution in [3.05, 3.63) is 107 Å². The average Bonchev–Trinajstić information content (AvgIpc) is 2.64. The van der Waals surface area contributed by atoms with E-state index in [0.29, 0.717) is 12.0 Å². The smallest absolute Gasteiger partial charge is 0.0607 e. The second kappa shape index (κ2) is 6.62. The molecule has 0 saturated carbocycles. The lowest BCUT2D eigenvalue weighted by atomic mass is 9.83. The summed E-state index contributed by atoms with van der Waals surface area (Å²) in [7, 11) is 0.